The molecular weight excluding hydrogens is 458 g/mol. The van der Waals surface area contributed by atoms with Gasteiger partial charge in [0.05, 0.1) is 24.6 Å². The molecule has 0 bridgehead atoms. The van der Waals surface area contributed by atoms with Crippen molar-refractivity contribution in [1.82, 2.24) is 19.9 Å². The number of thiazole rings is 1. The summed E-state index contributed by atoms with van der Waals surface area (Å²) < 4.78 is 7.26. The van der Waals surface area contributed by atoms with Crippen LogP contribution in [0.5, 0.6) is 5.75 Å². The van der Waals surface area contributed by atoms with Gasteiger partial charge in [-0.25, -0.2) is 10.4 Å². The van der Waals surface area contributed by atoms with Gasteiger partial charge in [0.25, 0.3) is 5.91 Å². The van der Waals surface area contributed by atoms with E-state index >= 15 is 0 Å². The topological polar surface area (TPSA) is 71.8 Å². The minimum Gasteiger partial charge on any atom is -0.497 e. The number of carbonyl (C=O) groups is 1. The average molecular weight is 488 g/mol. The zero-order chi connectivity index (χ0) is 24.2. The first kappa shape index (κ1) is 23.3. The van der Waals surface area contributed by atoms with Crippen molar-refractivity contribution in [2.75, 3.05) is 20.2 Å². The van der Waals surface area contributed by atoms with Crippen molar-refractivity contribution in [1.29, 1.82) is 0 Å². The molecule has 2 aromatic carbocycles. The van der Waals surface area contributed by atoms with Crippen LogP contribution in [0.4, 0.5) is 0 Å². The molecule has 5 rings (SSSR count). The Morgan fingerprint density at radius 2 is 2.00 bits per heavy atom. The van der Waals surface area contributed by atoms with Crippen LogP contribution < -0.4 is 10.2 Å². The molecule has 7 nitrogen and oxygen atoms in total. The maximum absolute atomic E-state index is 13.0. The molecule has 8 heteroatoms. The Hall–Kier alpha value is -3.49. The number of hydrazone groups is 1. The number of methoxy groups -OCH3 is 1. The highest BCUT2D eigenvalue weighted by Crippen LogP contribution is 2.30. The maximum Gasteiger partial charge on any atom is 0.273 e. The monoisotopic (exact) mass is 487 g/mol. The predicted octanol–water partition coefficient (Wildman–Crippen LogP) is 5.15. The number of benzene rings is 2. The van der Waals surface area contributed by atoms with Crippen LogP contribution in [-0.2, 0) is 13.1 Å². The van der Waals surface area contributed by atoms with Gasteiger partial charge in [0.15, 0.2) is 0 Å². The van der Waals surface area contributed by atoms with E-state index in [2.05, 4.69) is 50.5 Å². The van der Waals surface area contributed by atoms with Gasteiger partial charge in [0, 0.05) is 41.1 Å². The summed E-state index contributed by atoms with van der Waals surface area (Å²) in [4.78, 5) is 20.4. The molecule has 0 unspecified atom stereocenters. The quantitative estimate of drug-likeness (QED) is 0.276. The smallest absolute Gasteiger partial charge is 0.273 e. The first-order chi connectivity index (χ1) is 17.1. The lowest BCUT2D eigenvalue weighted by molar-refractivity contribution is 0.0956. The molecule has 0 aliphatic carbocycles. The van der Waals surface area contributed by atoms with Crippen LogP contribution in [0.2, 0.25) is 0 Å². The highest BCUT2D eigenvalue weighted by molar-refractivity contribution is 7.13. The molecule has 35 heavy (non-hydrogen) atoms. The van der Waals surface area contributed by atoms with E-state index in [1.807, 2.05) is 30.5 Å². The Bertz CT molecular complexity index is 1350. The highest BCUT2D eigenvalue weighted by atomic mass is 32.1. The van der Waals surface area contributed by atoms with Gasteiger partial charge in [-0.3, -0.25) is 9.69 Å². The zero-order valence-corrected chi connectivity index (χ0v) is 20.8. The van der Waals surface area contributed by atoms with E-state index in [-0.39, 0.29) is 5.91 Å². The third-order valence-corrected chi connectivity index (χ3v) is 7.29. The van der Waals surface area contributed by atoms with Gasteiger partial charge in [-0.05, 0) is 80.9 Å². The number of hydrogen-bond acceptors (Lipinski definition) is 6. The largest absolute Gasteiger partial charge is 0.497 e. The molecule has 180 valence electrons. The second-order valence-electron chi connectivity index (χ2n) is 8.66. The number of likely N-dealkylation sites (tertiary alicyclic amines) is 1. The summed E-state index contributed by atoms with van der Waals surface area (Å²) in [6.45, 7) is 6.06. The number of aromatic nitrogens is 2. The molecule has 0 atom stereocenters. The molecule has 2 aromatic heterocycles. The highest BCUT2D eigenvalue weighted by Gasteiger charge is 2.17. The number of rotatable bonds is 8. The van der Waals surface area contributed by atoms with Crippen molar-refractivity contribution in [3.8, 4) is 16.3 Å². The minimum atomic E-state index is -0.238. The van der Waals surface area contributed by atoms with Crippen LogP contribution in [0.25, 0.3) is 21.5 Å². The van der Waals surface area contributed by atoms with Crippen LogP contribution in [0, 0.1) is 0 Å². The van der Waals surface area contributed by atoms with E-state index < -0.39 is 0 Å². The predicted molar refractivity (Wildman–Crippen MR) is 141 cm³/mol. The van der Waals surface area contributed by atoms with Crippen LogP contribution in [0.1, 0.15) is 41.4 Å². The number of fused-ring (bicyclic) bond motifs is 1. The van der Waals surface area contributed by atoms with E-state index in [0.29, 0.717) is 5.56 Å². The summed E-state index contributed by atoms with van der Waals surface area (Å²) in [5.74, 6) is 0.538. The molecule has 1 amide bonds. The third kappa shape index (κ3) is 5.13. The molecule has 0 spiro atoms. The van der Waals surface area contributed by atoms with Crippen LogP contribution in [0.3, 0.4) is 0 Å². The Kier molecular flexibility index (Phi) is 6.92. The fourth-order valence-electron chi connectivity index (χ4n) is 4.47. The second-order valence-corrected chi connectivity index (χ2v) is 9.52. The Morgan fingerprint density at radius 1 is 1.20 bits per heavy atom. The van der Waals surface area contributed by atoms with Crippen molar-refractivity contribution in [2.45, 2.75) is 32.9 Å². The first-order valence-electron chi connectivity index (χ1n) is 11.9. The molecular formula is C27H29N5O2S. The molecule has 1 aliphatic heterocycles. The van der Waals surface area contributed by atoms with Gasteiger partial charge < -0.3 is 9.30 Å². The number of carbonyl (C=O) groups excluding carboxylic acids is 1. The minimum absolute atomic E-state index is 0.238. The summed E-state index contributed by atoms with van der Waals surface area (Å²) >= 11 is 1.66. The molecule has 4 aromatic rings. The normalized spacial score (nSPS) is 14.2. The molecule has 1 fully saturated rings. The second kappa shape index (κ2) is 10.4. The average Bonchev–Trinajstić information content (AvgIpc) is 3.64. The Morgan fingerprint density at radius 3 is 2.74 bits per heavy atom. The van der Waals surface area contributed by atoms with Gasteiger partial charge >= 0.3 is 0 Å². The third-order valence-electron chi connectivity index (χ3n) is 6.34. The lowest BCUT2D eigenvalue weighted by Crippen LogP contribution is -2.18. The molecule has 1 aliphatic rings. The van der Waals surface area contributed by atoms with E-state index in [1.165, 1.54) is 12.8 Å². The van der Waals surface area contributed by atoms with Crippen LogP contribution in [0.15, 0.2) is 59.1 Å². The zero-order valence-electron chi connectivity index (χ0n) is 20.0. The number of amides is 1. The SMILES string of the molecule is CCn1cc(C(=O)NN=Cc2ccc(OC)cc2)c2cc(-c3nc(CN4CCCC4)cs3)ccc21. The fraction of sp³-hybridized carbons (Fsp3) is 0.296. The van der Waals surface area contributed by atoms with Gasteiger partial charge in [-0.2, -0.15) is 5.10 Å². The molecule has 1 N–H and O–H groups in total. The standard InChI is InChI=1S/C27H29N5O2S/c1-3-32-17-24(26(33)30-28-15-19-6-9-22(34-2)10-7-19)23-14-20(8-11-25(23)32)27-29-21(18-35-27)16-31-12-4-5-13-31/h6-11,14-15,17-18H,3-5,12-13,16H2,1-2H3,(H,30,33). The summed E-state index contributed by atoms with van der Waals surface area (Å²) in [5.41, 5.74) is 7.32. The van der Waals surface area contributed by atoms with E-state index in [4.69, 9.17) is 9.72 Å². The van der Waals surface area contributed by atoms with Gasteiger partial charge in [-0.1, -0.05) is 0 Å². The van der Waals surface area contributed by atoms with Gasteiger partial charge in [0.2, 0.25) is 0 Å². The number of nitrogens with zero attached hydrogens (tertiary/aromatic N) is 4. The number of nitrogens with one attached hydrogen (secondary N) is 1. The van der Waals surface area contributed by atoms with Crippen LogP contribution in [-0.4, -0.2) is 46.8 Å². The summed E-state index contributed by atoms with van der Waals surface area (Å²) in [5, 5.41) is 8.19. The molecule has 1 saturated heterocycles. The summed E-state index contributed by atoms with van der Waals surface area (Å²) in [7, 11) is 1.63. The van der Waals surface area contributed by atoms with E-state index in [9.17, 15) is 4.79 Å². The van der Waals surface area contributed by atoms with Gasteiger partial charge in [-0.15, -0.1) is 11.3 Å². The molecule has 0 saturated carbocycles. The lowest BCUT2D eigenvalue weighted by Gasteiger charge is -2.11. The summed E-state index contributed by atoms with van der Waals surface area (Å²) in [6.07, 6.45) is 6.07. The van der Waals surface area contributed by atoms with E-state index in [0.717, 1.165) is 64.7 Å². The lowest BCUT2D eigenvalue weighted by atomic mass is 10.1. The van der Waals surface area contributed by atoms with Crippen molar-refractivity contribution >= 4 is 34.4 Å². The fourth-order valence-corrected chi connectivity index (χ4v) is 5.28. The van der Waals surface area contributed by atoms with Crippen molar-refractivity contribution < 1.29 is 9.53 Å². The van der Waals surface area contributed by atoms with Crippen LogP contribution >= 0.6 is 11.3 Å². The van der Waals surface area contributed by atoms with Crippen molar-refractivity contribution in [3.63, 3.8) is 0 Å². The molecule has 0 radical (unpaired) electrons. The Labute approximate surface area is 209 Å². The maximum atomic E-state index is 13.0. The van der Waals surface area contributed by atoms with Crippen molar-refractivity contribution in [2.24, 2.45) is 5.10 Å². The Balaban J connectivity index is 1.37. The number of hydrogen-bond donors (Lipinski definition) is 1. The van der Waals surface area contributed by atoms with E-state index in [1.54, 1.807) is 24.7 Å². The van der Waals surface area contributed by atoms with Crippen molar-refractivity contribution in [3.05, 3.63) is 70.9 Å². The number of aryl methyl sites for hydroxylation is 1. The first-order valence-corrected chi connectivity index (χ1v) is 12.8. The molecule has 3 heterocycles. The number of ether oxygens (including phenoxy) is 1. The summed E-state index contributed by atoms with van der Waals surface area (Å²) in [6, 6.07) is 13.7. The van der Waals surface area contributed by atoms with Gasteiger partial charge in [0.1, 0.15) is 10.8 Å².